The molecule has 2 aromatic rings. The van der Waals surface area contributed by atoms with Crippen molar-refractivity contribution in [2.75, 3.05) is 18.4 Å². The van der Waals surface area contributed by atoms with Crippen LogP contribution in [0.2, 0.25) is 10.0 Å². The van der Waals surface area contributed by atoms with Crippen molar-refractivity contribution in [2.45, 2.75) is 32.1 Å². The third-order valence-electron chi connectivity index (χ3n) is 5.39. The summed E-state index contributed by atoms with van der Waals surface area (Å²) < 4.78 is 28.3. The Morgan fingerprint density at radius 1 is 0.966 bits per heavy atom. The van der Waals surface area contributed by atoms with Gasteiger partial charge in [0, 0.05) is 24.2 Å². The number of carbonyl (C=O) groups excluding carboxylic acids is 1. The van der Waals surface area contributed by atoms with Gasteiger partial charge in [-0.2, -0.15) is 12.7 Å². The molecule has 1 aliphatic carbocycles. The lowest BCUT2D eigenvalue weighted by molar-refractivity contribution is 0.256. The number of nitrogens with one attached hydrogen (secondary N) is 2. The second-order valence-corrected chi connectivity index (χ2v) is 9.70. The van der Waals surface area contributed by atoms with Gasteiger partial charge in [-0.05, 0) is 49.3 Å². The molecule has 0 aromatic heterocycles. The Bertz CT molecular complexity index is 1070. The van der Waals surface area contributed by atoms with Gasteiger partial charge in [0.25, 0.3) is 0 Å². The molecule has 2 amide bonds. The highest BCUT2D eigenvalue weighted by Gasteiger charge is 2.28. The van der Waals surface area contributed by atoms with Crippen LogP contribution in [0, 0.1) is 0 Å². The number of halogens is 2. The molecular weight excluding hydrogens is 433 g/mol. The number of fused-ring (bicyclic) bond motifs is 1. The fraction of sp³-hybridized carbons (Fsp3) is 0.350. The number of amides is 2. The van der Waals surface area contributed by atoms with Gasteiger partial charge in [-0.3, -0.25) is 0 Å². The van der Waals surface area contributed by atoms with Gasteiger partial charge in [-0.25, -0.2) is 9.52 Å². The lowest BCUT2D eigenvalue weighted by Gasteiger charge is -2.19. The van der Waals surface area contributed by atoms with Crippen LogP contribution in [0.25, 0.3) is 11.1 Å². The van der Waals surface area contributed by atoms with Gasteiger partial charge in [0.2, 0.25) is 0 Å². The third-order valence-corrected chi connectivity index (χ3v) is 7.70. The molecule has 2 aromatic carbocycles. The summed E-state index contributed by atoms with van der Waals surface area (Å²) in [4.78, 5) is 12.6. The molecule has 0 unspecified atom stereocenters. The number of anilines is 1. The van der Waals surface area contributed by atoms with E-state index in [1.165, 1.54) is 4.31 Å². The summed E-state index contributed by atoms with van der Waals surface area (Å²) in [6.45, 7) is 0.847. The third kappa shape index (κ3) is 4.10. The van der Waals surface area contributed by atoms with E-state index in [0.29, 0.717) is 39.9 Å². The van der Waals surface area contributed by atoms with Crippen molar-refractivity contribution in [1.82, 2.24) is 9.03 Å². The van der Waals surface area contributed by atoms with Crippen molar-refractivity contribution in [3.05, 3.63) is 51.5 Å². The van der Waals surface area contributed by atoms with Crippen LogP contribution in [0.4, 0.5) is 10.5 Å². The highest BCUT2D eigenvalue weighted by molar-refractivity contribution is 7.87. The van der Waals surface area contributed by atoms with Crippen LogP contribution < -0.4 is 10.0 Å². The van der Waals surface area contributed by atoms with Gasteiger partial charge in [0.1, 0.15) is 0 Å². The SMILES string of the molecule is O=C(Nc1c(-c2cccc(Cl)c2Cl)ccc2c1CCC2)NS(=O)(=O)N1CCCC1. The van der Waals surface area contributed by atoms with Crippen LogP contribution in [-0.2, 0) is 23.1 Å². The first-order chi connectivity index (χ1) is 13.9. The average Bonchev–Trinajstić information content (AvgIpc) is 3.36. The Balaban J connectivity index is 1.68. The average molecular weight is 454 g/mol. The quantitative estimate of drug-likeness (QED) is 0.708. The van der Waals surface area contributed by atoms with E-state index in [4.69, 9.17) is 23.2 Å². The number of hydrogen-bond donors (Lipinski definition) is 2. The second-order valence-electron chi connectivity index (χ2n) is 7.25. The van der Waals surface area contributed by atoms with E-state index in [0.717, 1.165) is 43.2 Å². The molecule has 0 atom stereocenters. The summed E-state index contributed by atoms with van der Waals surface area (Å²) in [5, 5.41) is 3.58. The lowest BCUT2D eigenvalue weighted by Crippen LogP contribution is -2.44. The minimum Gasteiger partial charge on any atom is -0.306 e. The number of hydrogen-bond acceptors (Lipinski definition) is 3. The topological polar surface area (TPSA) is 78.5 Å². The molecule has 2 aliphatic rings. The van der Waals surface area contributed by atoms with Crippen molar-refractivity contribution >= 4 is 45.1 Å². The van der Waals surface area contributed by atoms with E-state index in [2.05, 4.69) is 10.0 Å². The van der Waals surface area contributed by atoms with Crippen LogP contribution in [0.5, 0.6) is 0 Å². The van der Waals surface area contributed by atoms with E-state index in [-0.39, 0.29) is 0 Å². The van der Waals surface area contributed by atoms with Crippen LogP contribution in [0.1, 0.15) is 30.4 Å². The standard InChI is InChI=1S/C20H21Cl2N3O3S/c21-17-8-4-7-15(18(17)22)16-10-9-13-5-3-6-14(13)19(16)23-20(26)24-29(27,28)25-11-1-2-12-25/h4,7-10H,1-3,5-6,11-12H2,(H2,23,24,26). The van der Waals surface area contributed by atoms with Gasteiger partial charge in [0.15, 0.2) is 0 Å². The van der Waals surface area contributed by atoms with Crippen LogP contribution in [0.15, 0.2) is 30.3 Å². The molecule has 154 valence electrons. The summed E-state index contributed by atoms with van der Waals surface area (Å²) >= 11 is 12.6. The summed E-state index contributed by atoms with van der Waals surface area (Å²) in [5.41, 5.74) is 4.13. The number of rotatable bonds is 4. The molecule has 0 bridgehead atoms. The number of urea groups is 1. The molecule has 0 saturated carbocycles. The number of aryl methyl sites for hydroxylation is 1. The van der Waals surface area contributed by atoms with Crippen molar-refractivity contribution in [1.29, 1.82) is 0 Å². The summed E-state index contributed by atoms with van der Waals surface area (Å²) in [7, 11) is -3.86. The highest BCUT2D eigenvalue weighted by atomic mass is 35.5. The van der Waals surface area contributed by atoms with Crippen LogP contribution in [0.3, 0.4) is 0 Å². The molecule has 4 rings (SSSR count). The Kier molecular flexibility index (Phi) is 5.75. The van der Waals surface area contributed by atoms with Crippen molar-refractivity contribution in [2.24, 2.45) is 0 Å². The molecule has 2 N–H and O–H groups in total. The Labute approximate surface area is 180 Å². The fourth-order valence-corrected chi connectivity index (χ4v) is 5.55. The summed E-state index contributed by atoms with van der Waals surface area (Å²) in [6.07, 6.45) is 4.29. The van der Waals surface area contributed by atoms with Gasteiger partial charge >= 0.3 is 16.2 Å². The monoisotopic (exact) mass is 453 g/mol. The van der Waals surface area contributed by atoms with Crippen molar-refractivity contribution in [3.63, 3.8) is 0 Å². The van der Waals surface area contributed by atoms with Crippen molar-refractivity contribution in [3.8, 4) is 11.1 Å². The van der Waals surface area contributed by atoms with E-state index < -0.39 is 16.2 Å². The Hall–Kier alpha value is -1.80. The predicted molar refractivity (Wildman–Crippen MR) is 116 cm³/mol. The molecule has 1 aliphatic heterocycles. The zero-order valence-corrected chi connectivity index (χ0v) is 18.0. The van der Waals surface area contributed by atoms with Gasteiger partial charge in [0.05, 0.1) is 15.7 Å². The van der Waals surface area contributed by atoms with Crippen LogP contribution in [-0.4, -0.2) is 31.8 Å². The molecule has 1 saturated heterocycles. The van der Waals surface area contributed by atoms with Gasteiger partial charge < -0.3 is 5.32 Å². The van der Waals surface area contributed by atoms with E-state index >= 15 is 0 Å². The number of nitrogens with zero attached hydrogens (tertiary/aromatic N) is 1. The molecule has 1 fully saturated rings. The lowest BCUT2D eigenvalue weighted by atomic mass is 9.97. The molecule has 0 radical (unpaired) electrons. The number of benzene rings is 2. The molecule has 9 heteroatoms. The molecule has 29 heavy (non-hydrogen) atoms. The minimum absolute atomic E-state index is 0.389. The number of carbonyl (C=O) groups is 1. The molecule has 0 spiro atoms. The Morgan fingerprint density at radius 2 is 1.72 bits per heavy atom. The van der Waals surface area contributed by atoms with Crippen LogP contribution >= 0.6 is 23.2 Å². The maximum absolute atomic E-state index is 12.6. The summed E-state index contributed by atoms with van der Waals surface area (Å²) in [6, 6.07) is 8.46. The van der Waals surface area contributed by atoms with E-state index in [1.807, 2.05) is 18.2 Å². The smallest absolute Gasteiger partial charge is 0.306 e. The zero-order chi connectivity index (χ0) is 20.6. The van der Waals surface area contributed by atoms with Gasteiger partial charge in [-0.1, -0.05) is 47.5 Å². The molecule has 6 nitrogen and oxygen atoms in total. The minimum atomic E-state index is -3.86. The maximum Gasteiger partial charge on any atom is 0.333 e. The largest absolute Gasteiger partial charge is 0.333 e. The zero-order valence-electron chi connectivity index (χ0n) is 15.7. The first kappa shape index (κ1) is 20.5. The first-order valence-electron chi connectivity index (χ1n) is 9.55. The van der Waals surface area contributed by atoms with E-state index in [1.54, 1.807) is 12.1 Å². The van der Waals surface area contributed by atoms with Gasteiger partial charge in [-0.15, -0.1) is 0 Å². The molecular formula is C20H21Cl2N3O3S. The second kappa shape index (κ2) is 8.14. The highest BCUT2D eigenvalue weighted by Crippen LogP contribution is 2.41. The van der Waals surface area contributed by atoms with E-state index in [9.17, 15) is 13.2 Å². The Morgan fingerprint density at radius 3 is 2.48 bits per heavy atom. The maximum atomic E-state index is 12.6. The predicted octanol–water partition coefficient (Wildman–Crippen LogP) is 4.61. The fourth-order valence-electron chi connectivity index (χ4n) is 3.99. The first-order valence-corrected chi connectivity index (χ1v) is 11.7. The summed E-state index contributed by atoms with van der Waals surface area (Å²) in [5.74, 6) is 0. The normalized spacial score (nSPS) is 16.6. The molecule has 1 heterocycles. The van der Waals surface area contributed by atoms with Crippen molar-refractivity contribution < 1.29 is 13.2 Å².